The maximum Gasteiger partial charge on any atom is 0.223 e. The summed E-state index contributed by atoms with van der Waals surface area (Å²) in [6.45, 7) is 1.56. The van der Waals surface area contributed by atoms with Crippen LogP contribution in [0.15, 0.2) is 42.0 Å². The predicted molar refractivity (Wildman–Crippen MR) is 105 cm³/mol. The summed E-state index contributed by atoms with van der Waals surface area (Å²) in [7, 11) is 0. The van der Waals surface area contributed by atoms with Gasteiger partial charge < -0.3 is 15.0 Å². The minimum Gasteiger partial charge on any atom is -0.488 e. The lowest BCUT2D eigenvalue weighted by atomic mass is 9.81. The number of ether oxygens (including phenoxy) is 1. The van der Waals surface area contributed by atoms with Crippen LogP contribution in [0, 0.1) is 11.7 Å². The largest absolute Gasteiger partial charge is 0.488 e. The number of nitrogens with one attached hydrogen (secondary N) is 1. The first-order valence-corrected chi connectivity index (χ1v) is 10.2. The first-order chi connectivity index (χ1) is 13.7. The Morgan fingerprint density at radius 1 is 1.25 bits per heavy atom. The van der Waals surface area contributed by atoms with E-state index in [2.05, 4.69) is 20.2 Å². The van der Waals surface area contributed by atoms with Crippen molar-refractivity contribution in [2.24, 2.45) is 5.92 Å². The standard InChI is InChI=1S/C20H19FN4O2S/c21-13-7-16(19-17(8-13)28-11-23-19)27-15-5-12(6-15)20(26)24-14-9-25(10-14)18-3-1-2-4-22-18/h1-4,7-8,11-12,14-15H,5-6,9-10H2,(H,24,26)/t12-,15-. The average Bonchev–Trinajstić information content (AvgIpc) is 3.09. The number of halogens is 1. The Balaban J connectivity index is 1.10. The third-order valence-electron chi connectivity index (χ3n) is 5.33. The van der Waals surface area contributed by atoms with Crippen LogP contribution in [0.1, 0.15) is 12.8 Å². The van der Waals surface area contributed by atoms with E-state index in [0.717, 1.165) is 23.6 Å². The molecule has 1 aliphatic carbocycles. The zero-order chi connectivity index (χ0) is 19.1. The highest BCUT2D eigenvalue weighted by Gasteiger charge is 2.39. The van der Waals surface area contributed by atoms with Gasteiger partial charge in [0.2, 0.25) is 5.91 Å². The number of hydrogen-bond donors (Lipinski definition) is 1. The fourth-order valence-corrected chi connectivity index (χ4v) is 4.38. The Labute approximate surface area is 165 Å². The first-order valence-electron chi connectivity index (χ1n) is 9.31. The van der Waals surface area contributed by atoms with Crippen LogP contribution in [0.25, 0.3) is 10.2 Å². The molecule has 1 aliphatic heterocycles. The minimum atomic E-state index is -0.331. The summed E-state index contributed by atoms with van der Waals surface area (Å²) in [5.41, 5.74) is 2.37. The van der Waals surface area contributed by atoms with E-state index < -0.39 is 0 Å². The molecule has 2 fully saturated rings. The van der Waals surface area contributed by atoms with E-state index >= 15 is 0 Å². The van der Waals surface area contributed by atoms with Crippen molar-refractivity contribution in [1.29, 1.82) is 0 Å². The number of amides is 1. The Morgan fingerprint density at radius 3 is 2.89 bits per heavy atom. The average molecular weight is 398 g/mol. The van der Waals surface area contributed by atoms with E-state index in [1.807, 2.05) is 18.2 Å². The number of fused-ring (bicyclic) bond motifs is 1. The van der Waals surface area contributed by atoms with Crippen molar-refractivity contribution in [2.75, 3.05) is 18.0 Å². The van der Waals surface area contributed by atoms with Gasteiger partial charge in [0, 0.05) is 31.3 Å². The molecule has 1 aromatic carbocycles. The van der Waals surface area contributed by atoms with E-state index in [1.165, 1.54) is 23.5 Å². The number of pyridine rings is 1. The normalized spacial score (nSPS) is 21.8. The number of rotatable bonds is 5. The van der Waals surface area contributed by atoms with Gasteiger partial charge in [0.1, 0.15) is 29.0 Å². The van der Waals surface area contributed by atoms with Crippen molar-refractivity contribution >= 4 is 33.3 Å². The molecule has 1 saturated carbocycles. The number of benzene rings is 1. The molecule has 1 saturated heterocycles. The molecule has 1 amide bonds. The molecule has 144 valence electrons. The van der Waals surface area contributed by atoms with Crippen LogP contribution in [0.5, 0.6) is 5.75 Å². The highest BCUT2D eigenvalue weighted by atomic mass is 32.1. The first kappa shape index (κ1) is 17.4. The second-order valence-electron chi connectivity index (χ2n) is 7.31. The van der Waals surface area contributed by atoms with Crippen LogP contribution >= 0.6 is 11.3 Å². The van der Waals surface area contributed by atoms with Crippen molar-refractivity contribution in [1.82, 2.24) is 15.3 Å². The van der Waals surface area contributed by atoms with Crippen molar-refractivity contribution in [2.45, 2.75) is 25.0 Å². The number of anilines is 1. The fraction of sp³-hybridized carbons (Fsp3) is 0.350. The smallest absolute Gasteiger partial charge is 0.223 e. The monoisotopic (exact) mass is 398 g/mol. The van der Waals surface area contributed by atoms with Gasteiger partial charge in [0.05, 0.1) is 16.3 Å². The van der Waals surface area contributed by atoms with E-state index in [-0.39, 0.29) is 29.8 Å². The Bertz CT molecular complexity index is 1000. The molecule has 0 unspecified atom stereocenters. The van der Waals surface area contributed by atoms with Gasteiger partial charge in [0.15, 0.2) is 0 Å². The minimum absolute atomic E-state index is 0.0478. The van der Waals surface area contributed by atoms with Gasteiger partial charge in [-0.1, -0.05) is 6.07 Å². The molecule has 2 aromatic heterocycles. The summed E-state index contributed by atoms with van der Waals surface area (Å²) < 4.78 is 20.4. The molecule has 0 atom stereocenters. The van der Waals surface area contributed by atoms with Crippen LogP contribution in [-0.2, 0) is 4.79 Å². The lowest BCUT2D eigenvalue weighted by molar-refractivity contribution is -0.131. The Morgan fingerprint density at radius 2 is 2.11 bits per heavy atom. The van der Waals surface area contributed by atoms with Crippen LogP contribution in [0.3, 0.4) is 0 Å². The van der Waals surface area contributed by atoms with E-state index in [0.29, 0.717) is 24.1 Å². The van der Waals surface area contributed by atoms with E-state index in [9.17, 15) is 9.18 Å². The second kappa shape index (κ2) is 7.01. The maximum atomic E-state index is 13.7. The molecule has 3 heterocycles. The molecule has 1 N–H and O–H groups in total. The van der Waals surface area contributed by atoms with Gasteiger partial charge >= 0.3 is 0 Å². The van der Waals surface area contributed by atoms with Crippen LogP contribution in [0.4, 0.5) is 10.2 Å². The topological polar surface area (TPSA) is 67.4 Å². The van der Waals surface area contributed by atoms with Gasteiger partial charge in [-0.05, 0) is 31.0 Å². The quantitative estimate of drug-likeness (QED) is 0.716. The van der Waals surface area contributed by atoms with Gasteiger partial charge in [-0.15, -0.1) is 11.3 Å². The zero-order valence-corrected chi connectivity index (χ0v) is 15.9. The SMILES string of the molecule is O=C(NC1CN(c2ccccn2)C1)[C@H]1C[C@H](Oc2cc(F)cc3scnc23)C1. The summed E-state index contributed by atoms with van der Waals surface area (Å²) in [5, 5.41) is 3.10. The summed E-state index contributed by atoms with van der Waals surface area (Å²) in [4.78, 5) is 23.1. The van der Waals surface area contributed by atoms with Gasteiger partial charge in [0.25, 0.3) is 0 Å². The molecule has 0 radical (unpaired) electrons. The maximum absolute atomic E-state index is 13.7. The van der Waals surface area contributed by atoms with Crippen molar-refractivity contribution in [3.05, 3.63) is 47.9 Å². The molecule has 0 spiro atoms. The number of thiazole rings is 1. The van der Waals surface area contributed by atoms with E-state index in [4.69, 9.17) is 4.74 Å². The molecule has 6 nitrogen and oxygen atoms in total. The molecular weight excluding hydrogens is 379 g/mol. The third kappa shape index (κ3) is 3.28. The van der Waals surface area contributed by atoms with Crippen LogP contribution in [-0.4, -0.2) is 41.1 Å². The molecule has 5 rings (SSSR count). The zero-order valence-electron chi connectivity index (χ0n) is 15.0. The van der Waals surface area contributed by atoms with Crippen molar-refractivity contribution in [3.8, 4) is 5.75 Å². The molecule has 3 aromatic rings. The fourth-order valence-electron chi connectivity index (χ4n) is 3.67. The van der Waals surface area contributed by atoms with Gasteiger partial charge in [-0.2, -0.15) is 0 Å². The summed E-state index contributed by atoms with van der Waals surface area (Å²) in [6, 6.07) is 8.81. The molecule has 2 aliphatic rings. The molecule has 28 heavy (non-hydrogen) atoms. The highest BCUT2D eigenvalue weighted by Crippen LogP contribution is 2.35. The third-order valence-corrected chi connectivity index (χ3v) is 6.10. The number of hydrogen-bond acceptors (Lipinski definition) is 6. The van der Waals surface area contributed by atoms with Crippen LogP contribution < -0.4 is 15.0 Å². The van der Waals surface area contributed by atoms with Gasteiger partial charge in [-0.25, -0.2) is 14.4 Å². The summed E-state index contributed by atoms with van der Waals surface area (Å²) in [5.74, 6) is 1.10. The number of nitrogens with zero attached hydrogens (tertiary/aromatic N) is 3. The van der Waals surface area contributed by atoms with Crippen molar-refractivity contribution < 1.29 is 13.9 Å². The Hall–Kier alpha value is -2.74. The van der Waals surface area contributed by atoms with Crippen molar-refractivity contribution in [3.63, 3.8) is 0 Å². The molecule has 0 bridgehead atoms. The number of carbonyl (C=O) groups is 1. The summed E-state index contributed by atoms with van der Waals surface area (Å²) >= 11 is 1.38. The lowest BCUT2D eigenvalue weighted by Crippen LogP contribution is -2.61. The predicted octanol–water partition coefficient (Wildman–Crippen LogP) is 2.99. The number of carbonyl (C=O) groups excluding carboxylic acids is 1. The molecular formula is C20H19FN4O2S. The second-order valence-corrected chi connectivity index (χ2v) is 8.20. The summed E-state index contributed by atoms with van der Waals surface area (Å²) in [6.07, 6.45) is 2.98. The van der Waals surface area contributed by atoms with E-state index in [1.54, 1.807) is 11.7 Å². The number of aromatic nitrogens is 2. The lowest BCUT2D eigenvalue weighted by Gasteiger charge is -2.42. The van der Waals surface area contributed by atoms with Crippen LogP contribution in [0.2, 0.25) is 0 Å². The van der Waals surface area contributed by atoms with Gasteiger partial charge in [-0.3, -0.25) is 4.79 Å². The molecule has 8 heteroatoms. The Kier molecular flexibility index (Phi) is 4.35. The highest BCUT2D eigenvalue weighted by molar-refractivity contribution is 7.16.